The average Bonchev–Trinajstić information content (AvgIpc) is 2.59. The lowest BCUT2D eigenvalue weighted by Gasteiger charge is -2.24. The Morgan fingerprint density at radius 1 is 1.30 bits per heavy atom. The third-order valence-corrected chi connectivity index (χ3v) is 4.05. The van der Waals surface area contributed by atoms with Crippen molar-refractivity contribution in [2.75, 3.05) is 18.0 Å². The van der Waals surface area contributed by atoms with Crippen LogP contribution in [0.25, 0.3) is 0 Å². The fourth-order valence-electron chi connectivity index (χ4n) is 2.64. The first-order valence-electron chi connectivity index (χ1n) is 7.50. The highest BCUT2D eigenvalue weighted by Crippen LogP contribution is 2.26. The maximum atomic E-state index is 10.2. The van der Waals surface area contributed by atoms with Gasteiger partial charge in [-0.05, 0) is 49.8 Å². The predicted molar refractivity (Wildman–Crippen MR) is 80.9 cm³/mol. The van der Waals surface area contributed by atoms with Crippen LogP contribution in [0.1, 0.15) is 57.2 Å². The molecule has 4 nitrogen and oxygen atoms in total. The SMILES string of the molecule is CC(C)c1cc(CO)cc(N2CCCC(C)(O)CC2)n1. The zero-order chi connectivity index (χ0) is 14.8. The zero-order valence-corrected chi connectivity index (χ0v) is 12.8. The summed E-state index contributed by atoms with van der Waals surface area (Å²) in [6.07, 6.45) is 2.56. The van der Waals surface area contributed by atoms with Crippen LogP contribution in [0.5, 0.6) is 0 Å². The second-order valence-corrected chi connectivity index (χ2v) is 6.41. The van der Waals surface area contributed by atoms with Gasteiger partial charge in [-0.15, -0.1) is 0 Å². The molecule has 1 fully saturated rings. The molecule has 20 heavy (non-hydrogen) atoms. The van der Waals surface area contributed by atoms with Gasteiger partial charge in [-0.3, -0.25) is 0 Å². The first-order chi connectivity index (χ1) is 9.41. The van der Waals surface area contributed by atoms with E-state index in [0.717, 1.165) is 49.4 Å². The Hall–Kier alpha value is -1.13. The molecule has 1 saturated heterocycles. The molecule has 1 aromatic rings. The minimum atomic E-state index is -0.565. The van der Waals surface area contributed by atoms with Crippen LogP contribution >= 0.6 is 0 Å². The maximum absolute atomic E-state index is 10.2. The Bertz CT molecular complexity index is 458. The van der Waals surface area contributed by atoms with Gasteiger partial charge in [-0.1, -0.05) is 13.8 Å². The van der Waals surface area contributed by atoms with Gasteiger partial charge < -0.3 is 15.1 Å². The summed E-state index contributed by atoms with van der Waals surface area (Å²) in [6, 6.07) is 3.94. The summed E-state index contributed by atoms with van der Waals surface area (Å²) in [5.41, 5.74) is 1.36. The molecule has 0 amide bonds. The number of hydrogen-bond donors (Lipinski definition) is 2. The number of anilines is 1. The van der Waals surface area contributed by atoms with E-state index in [2.05, 4.69) is 18.7 Å². The standard InChI is InChI=1S/C16H26N2O2/c1-12(2)14-9-13(11-19)10-15(17-14)18-7-4-5-16(3,20)6-8-18/h9-10,12,19-20H,4-8,11H2,1-3H3. The average molecular weight is 278 g/mol. The van der Waals surface area contributed by atoms with Crippen LogP contribution in [0.2, 0.25) is 0 Å². The molecule has 2 heterocycles. The van der Waals surface area contributed by atoms with Gasteiger partial charge >= 0.3 is 0 Å². The summed E-state index contributed by atoms with van der Waals surface area (Å²) in [4.78, 5) is 6.96. The molecule has 0 saturated carbocycles. The Kier molecular flexibility index (Phi) is 4.66. The van der Waals surface area contributed by atoms with E-state index in [4.69, 9.17) is 4.98 Å². The minimum Gasteiger partial charge on any atom is -0.392 e. The molecule has 0 bridgehead atoms. The van der Waals surface area contributed by atoms with Crippen molar-refractivity contribution in [1.82, 2.24) is 4.98 Å². The van der Waals surface area contributed by atoms with Gasteiger partial charge in [0.15, 0.2) is 0 Å². The molecule has 1 unspecified atom stereocenters. The number of nitrogens with zero attached hydrogens (tertiary/aromatic N) is 2. The van der Waals surface area contributed by atoms with E-state index in [9.17, 15) is 10.2 Å². The predicted octanol–water partition coefficient (Wildman–Crippen LogP) is 2.44. The highest BCUT2D eigenvalue weighted by Gasteiger charge is 2.25. The number of aromatic nitrogens is 1. The van der Waals surface area contributed by atoms with E-state index in [1.807, 2.05) is 19.1 Å². The Morgan fingerprint density at radius 3 is 2.70 bits per heavy atom. The monoisotopic (exact) mass is 278 g/mol. The van der Waals surface area contributed by atoms with Crippen molar-refractivity contribution in [2.24, 2.45) is 0 Å². The molecule has 1 aliphatic rings. The van der Waals surface area contributed by atoms with Crippen molar-refractivity contribution in [2.45, 2.75) is 58.2 Å². The third kappa shape index (κ3) is 3.70. The topological polar surface area (TPSA) is 56.6 Å². The summed E-state index contributed by atoms with van der Waals surface area (Å²) in [5.74, 6) is 1.27. The van der Waals surface area contributed by atoms with E-state index >= 15 is 0 Å². The fraction of sp³-hybridized carbons (Fsp3) is 0.688. The van der Waals surface area contributed by atoms with Gasteiger partial charge in [0.05, 0.1) is 12.2 Å². The van der Waals surface area contributed by atoms with Crippen LogP contribution in [0.4, 0.5) is 5.82 Å². The van der Waals surface area contributed by atoms with Crippen molar-refractivity contribution in [3.63, 3.8) is 0 Å². The first-order valence-corrected chi connectivity index (χ1v) is 7.50. The van der Waals surface area contributed by atoms with Gasteiger partial charge in [0, 0.05) is 18.8 Å². The number of aliphatic hydroxyl groups excluding tert-OH is 1. The molecule has 0 spiro atoms. The Balaban J connectivity index is 2.25. The molecule has 2 rings (SSSR count). The van der Waals surface area contributed by atoms with Crippen molar-refractivity contribution < 1.29 is 10.2 Å². The smallest absolute Gasteiger partial charge is 0.129 e. The minimum absolute atomic E-state index is 0.0425. The van der Waals surface area contributed by atoms with E-state index in [0.29, 0.717) is 5.92 Å². The zero-order valence-electron chi connectivity index (χ0n) is 12.8. The molecule has 1 atom stereocenters. The Labute approximate surface area is 121 Å². The summed E-state index contributed by atoms with van der Waals surface area (Å²) in [5, 5.41) is 19.6. The molecule has 112 valence electrons. The summed E-state index contributed by atoms with van der Waals surface area (Å²) in [7, 11) is 0. The summed E-state index contributed by atoms with van der Waals surface area (Å²) in [6.45, 7) is 7.90. The molecular weight excluding hydrogens is 252 g/mol. The van der Waals surface area contributed by atoms with Crippen molar-refractivity contribution in [3.8, 4) is 0 Å². The maximum Gasteiger partial charge on any atom is 0.129 e. The molecule has 1 aromatic heterocycles. The van der Waals surface area contributed by atoms with Crippen LogP contribution in [-0.4, -0.2) is 33.9 Å². The summed E-state index contributed by atoms with van der Waals surface area (Å²) >= 11 is 0. The van der Waals surface area contributed by atoms with Crippen molar-refractivity contribution in [3.05, 3.63) is 23.4 Å². The molecule has 4 heteroatoms. The second kappa shape index (κ2) is 6.10. The van der Waals surface area contributed by atoms with Crippen LogP contribution < -0.4 is 4.90 Å². The lowest BCUT2D eigenvalue weighted by molar-refractivity contribution is 0.0481. The first kappa shape index (κ1) is 15.3. The molecule has 1 aliphatic heterocycles. The second-order valence-electron chi connectivity index (χ2n) is 6.41. The largest absolute Gasteiger partial charge is 0.392 e. The molecule has 0 aliphatic carbocycles. The molecular formula is C16H26N2O2. The number of aliphatic hydroxyl groups is 2. The van der Waals surface area contributed by atoms with E-state index < -0.39 is 5.60 Å². The fourth-order valence-corrected chi connectivity index (χ4v) is 2.64. The molecule has 0 radical (unpaired) electrons. The highest BCUT2D eigenvalue weighted by atomic mass is 16.3. The van der Waals surface area contributed by atoms with Gasteiger partial charge in [0.2, 0.25) is 0 Å². The lowest BCUT2D eigenvalue weighted by Crippen LogP contribution is -2.29. The van der Waals surface area contributed by atoms with Crippen LogP contribution in [0.3, 0.4) is 0 Å². The molecule has 2 N–H and O–H groups in total. The van der Waals surface area contributed by atoms with Gasteiger partial charge in [0.25, 0.3) is 0 Å². The van der Waals surface area contributed by atoms with Crippen LogP contribution in [0, 0.1) is 0 Å². The summed E-state index contributed by atoms with van der Waals surface area (Å²) < 4.78 is 0. The van der Waals surface area contributed by atoms with Crippen molar-refractivity contribution >= 4 is 5.82 Å². The molecule has 0 aromatic carbocycles. The number of rotatable bonds is 3. The lowest BCUT2D eigenvalue weighted by atomic mass is 9.98. The van der Waals surface area contributed by atoms with Gasteiger partial charge in [0.1, 0.15) is 5.82 Å². The normalized spacial score (nSPS) is 24.0. The van der Waals surface area contributed by atoms with E-state index in [-0.39, 0.29) is 6.61 Å². The van der Waals surface area contributed by atoms with Crippen molar-refractivity contribution in [1.29, 1.82) is 0 Å². The van der Waals surface area contributed by atoms with Crippen LogP contribution in [-0.2, 0) is 6.61 Å². The van der Waals surface area contributed by atoms with E-state index in [1.54, 1.807) is 0 Å². The number of hydrogen-bond acceptors (Lipinski definition) is 4. The van der Waals surface area contributed by atoms with Gasteiger partial charge in [-0.2, -0.15) is 0 Å². The number of pyridine rings is 1. The van der Waals surface area contributed by atoms with Gasteiger partial charge in [-0.25, -0.2) is 4.98 Å². The highest BCUT2D eigenvalue weighted by molar-refractivity contribution is 5.43. The Morgan fingerprint density at radius 2 is 2.05 bits per heavy atom. The third-order valence-electron chi connectivity index (χ3n) is 4.05. The van der Waals surface area contributed by atoms with E-state index in [1.165, 1.54) is 0 Å². The van der Waals surface area contributed by atoms with Crippen LogP contribution in [0.15, 0.2) is 12.1 Å². The quantitative estimate of drug-likeness (QED) is 0.891.